The van der Waals surface area contributed by atoms with E-state index in [1.807, 2.05) is 6.07 Å². The van der Waals surface area contributed by atoms with Gasteiger partial charge in [0, 0.05) is 26.2 Å². The number of sulfonamides is 1. The molecule has 1 fully saturated rings. The van der Waals surface area contributed by atoms with Gasteiger partial charge in [0.15, 0.2) is 6.61 Å². The van der Waals surface area contributed by atoms with E-state index in [-0.39, 0.29) is 37.7 Å². The Balaban J connectivity index is 1.55. The number of aliphatic hydroxyl groups excluding tert-OH is 1. The Kier molecular flexibility index (Phi) is 10.9. The monoisotopic (exact) mass is 597 g/mol. The van der Waals surface area contributed by atoms with Gasteiger partial charge < -0.3 is 29.5 Å². The largest absolute Gasteiger partial charge is 0.497 e. The van der Waals surface area contributed by atoms with Crippen LogP contribution in [-0.2, 0) is 30.9 Å². The minimum absolute atomic E-state index is 0.0307. The third-order valence-electron chi connectivity index (χ3n) is 6.71. The molecule has 3 aromatic rings. The van der Waals surface area contributed by atoms with E-state index in [1.165, 1.54) is 33.5 Å². The molecule has 3 aromatic carbocycles. The van der Waals surface area contributed by atoms with Gasteiger partial charge in [-0.15, -0.1) is 0 Å². The van der Waals surface area contributed by atoms with Crippen molar-refractivity contribution < 1.29 is 37.3 Å². The van der Waals surface area contributed by atoms with E-state index in [9.17, 15) is 23.1 Å². The molecule has 0 aromatic heterocycles. The van der Waals surface area contributed by atoms with Gasteiger partial charge in [-0.2, -0.15) is 4.31 Å². The van der Waals surface area contributed by atoms with E-state index in [1.54, 1.807) is 55.6 Å². The first-order chi connectivity index (χ1) is 20.3. The van der Waals surface area contributed by atoms with Crippen molar-refractivity contribution in [3.8, 4) is 11.5 Å². The van der Waals surface area contributed by atoms with E-state index < -0.39 is 34.5 Å². The molecule has 4 rings (SSSR count). The number of nitrogens with one attached hydrogen (secondary N) is 1. The maximum Gasteiger partial charge on any atom is 0.261 e. The van der Waals surface area contributed by atoms with Gasteiger partial charge in [0.1, 0.15) is 17.5 Å². The second-order valence-electron chi connectivity index (χ2n) is 9.47. The van der Waals surface area contributed by atoms with Crippen molar-refractivity contribution in [1.82, 2.24) is 14.5 Å². The standard InChI is InChI=1S/C30H35N3O8S/c1-39-25-9-7-23(8-10-25)21-33(29(30(36)31-15-18-34)24-5-3-2-4-6-24)28(35)22-41-26-11-13-27(14-12-26)42(37,38)32-16-19-40-20-17-32/h2-14,29,34H,15-22H2,1H3,(H,31,36)/t29-/m1/s1. The van der Waals surface area contributed by atoms with Crippen LogP contribution >= 0.6 is 0 Å². The summed E-state index contributed by atoms with van der Waals surface area (Å²) >= 11 is 0. The minimum atomic E-state index is -3.67. The normalized spacial score (nSPS) is 14.5. The fraction of sp³-hybridized carbons (Fsp3) is 0.333. The third kappa shape index (κ3) is 7.85. The molecule has 0 unspecified atom stereocenters. The highest BCUT2D eigenvalue weighted by molar-refractivity contribution is 7.89. The second-order valence-corrected chi connectivity index (χ2v) is 11.4. The summed E-state index contributed by atoms with van der Waals surface area (Å²) in [6.45, 7) is 0.733. The number of amides is 2. The Bertz CT molecular complexity index is 1410. The molecular formula is C30H35N3O8S. The number of benzene rings is 3. The van der Waals surface area contributed by atoms with Crippen LogP contribution in [0.25, 0.3) is 0 Å². The third-order valence-corrected chi connectivity index (χ3v) is 8.63. The molecule has 224 valence electrons. The Morgan fingerprint density at radius 3 is 2.24 bits per heavy atom. The quantitative estimate of drug-likeness (QED) is 0.306. The van der Waals surface area contributed by atoms with Crippen molar-refractivity contribution >= 4 is 21.8 Å². The smallest absolute Gasteiger partial charge is 0.261 e. The molecule has 0 radical (unpaired) electrons. The number of hydrogen-bond acceptors (Lipinski definition) is 8. The fourth-order valence-electron chi connectivity index (χ4n) is 4.51. The van der Waals surface area contributed by atoms with Gasteiger partial charge in [-0.3, -0.25) is 9.59 Å². The Hall–Kier alpha value is -3.97. The van der Waals surface area contributed by atoms with Crippen LogP contribution in [0.5, 0.6) is 11.5 Å². The lowest BCUT2D eigenvalue weighted by Crippen LogP contribution is -2.45. The van der Waals surface area contributed by atoms with Crippen molar-refractivity contribution in [3.05, 3.63) is 90.0 Å². The molecule has 11 nitrogen and oxygen atoms in total. The van der Waals surface area contributed by atoms with E-state index in [2.05, 4.69) is 5.32 Å². The number of hydrogen-bond donors (Lipinski definition) is 2. The first-order valence-electron chi connectivity index (χ1n) is 13.5. The van der Waals surface area contributed by atoms with Crippen LogP contribution in [0.3, 0.4) is 0 Å². The van der Waals surface area contributed by atoms with Crippen molar-refractivity contribution in [2.45, 2.75) is 17.5 Å². The summed E-state index contributed by atoms with van der Waals surface area (Å²) < 4.78 is 43.5. The number of methoxy groups -OCH3 is 1. The highest BCUT2D eigenvalue weighted by atomic mass is 32.2. The second kappa shape index (κ2) is 14.8. The van der Waals surface area contributed by atoms with Crippen LogP contribution in [0, 0.1) is 0 Å². The van der Waals surface area contributed by atoms with Crippen LogP contribution < -0.4 is 14.8 Å². The Morgan fingerprint density at radius 1 is 0.976 bits per heavy atom. The molecule has 0 bridgehead atoms. The summed E-state index contributed by atoms with van der Waals surface area (Å²) in [5, 5.41) is 12.0. The average molecular weight is 598 g/mol. The molecule has 1 aliphatic heterocycles. The minimum Gasteiger partial charge on any atom is -0.497 e. The van der Waals surface area contributed by atoms with Crippen molar-refractivity contribution in [2.75, 3.05) is 53.2 Å². The van der Waals surface area contributed by atoms with Crippen LogP contribution in [0.2, 0.25) is 0 Å². The summed E-state index contributed by atoms with van der Waals surface area (Å²) in [6, 6.07) is 20.9. The summed E-state index contributed by atoms with van der Waals surface area (Å²) in [6.07, 6.45) is 0. The van der Waals surface area contributed by atoms with Gasteiger partial charge in [0.05, 0.1) is 31.8 Å². The summed E-state index contributed by atoms with van der Waals surface area (Å²) in [4.78, 5) is 28.6. The average Bonchev–Trinajstić information content (AvgIpc) is 3.03. The van der Waals surface area contributed by atoms with Gasteiger partial charge in [-0.1, -0.05) is 42.5 Å². The highest BCUT2D eigenvalue weighted by Gasteiger charge is 2.32. The molecule has 1 heterocycles. The zero-order valence-corrected chi connectivity index (χ0v) is 24.2. The predicted octanol–water partition coefficient (Wildman–Crippen LogP) is 1.97. The summed E-state index contributed by atoms with van der Waals surface area (Å²) in [7, 11) is -2.11. The van der Waals surface area contributed by atoms with Crippen LogP contribution in [-0.4, -0.2) is 87.7 Å². The number of morpholine rings is 1. The molecule has 2 N–H and O–H groups in total. The molecule has 0 saturated carbocycles. The molecule has 1 aliphatic rings. The van der Waals surface area contributed by atoms with Crippen LogP contribution in [0.4, 0.5) is 0 Å². The molecule has 12 heteroatoms. The van der Waals surface area contributed by atoms with Crippen molar-refractivity contribution in [2.24, 2.45) is 0 Å². The van der Waals surface area contributed by atoms with Gasteiger partial charge in [-0.05, 0) is 47.5 Å². The van der Waals surface area contributed by atoms with E-state index >= 15 is 0 Å². The molecule has 42 heavy (non-hydrogen) atoms. The topological polar surface area (TPSA) is 135 Å². The number of carbonyl (C=O) groups excluding carboxylic acids is 2. The van der Waals surface area contributed by atoms with Crippen molar-refractivity contribution in [3.63, 3.8) is 0 Å². The number of nitrogens with zero attached hydrogens (tertiary/aromatic N) is 2. The Labute approximate surface area is 245 Å². The number of carbonyl (C=O) groups is 2. The molecule has 0 aliphatic carbocycles. The molecular weight excluding hydrogens is 562 g/mol. The van der Waals surface area contributed by atoms with Crippen molar-refractivity contribution in [1.29, 1.82) is 0 Å². The zero-order valence-electron chi connectivity index (χ0n) is 23.3. The lowest BCUT2D eigenvalue weighted by molar-refractivity contribution is -0.143. The maximum atomic E-state index is 13.7. The maximum absolute atomic E-state index is 13.7. The Morgan fingerprint density at radius 2 is 1.62 bits per heavy atom. The molecule has 1 saturated heterocycles. The van der Waals surface area contributed by atoms with E-state index in [0.29, 0.717) is 30.3 Å². The SMILES string of the molecule is COc1ccc(CN(C(=O)COc2ccc(S(=O)(=O)N3CCOCC3)cc2)[C@@H](C(=O)NCCO)c2ccccc2)cc1. The van der Waals surface area contributed by atoms with E-state index in [4.69, 9.17) is 14.2 Å². The first-order valence-corrected chi connectivity index (χ1v) is 14.9. The number of rotatable bonds is 13. The molecule has 1 atom stereocenters. The van der Waals surface area contributed by atoms with Gasteiger partial charge >= 0.3 is 0 Å². The molecule has 0 spiro atoms. The summed E-state index contributed by atoms with van der Waals surface area (Å²) in [5.74, 6) is 0.0348. The molecule has 2 amide bonds. The number of ether oxygens (including phenoxy) is 3. The lowest BCUT2D eigenvalue weighted by atomic mass is 10.0. The van der Waals surface area contributed by atoms with Crippen LogP contribution in [0.1, 0.15) is 17.2 Å². The summed E-state index contributed by atoms with van der Waals surface area (Å²) in [5.41, 5.74) is 1.35. The van der Waals surface area contributed by atoms with Gasteiger partial charge in [0.25, 0.3) is 5.91 Å². The zero-order chi connectivity index (χ0) is 30.0. The van der Waals surface area contributed by atoms with Gasteiger partial charge in [-0.25, -0.2) is 8.42 Å². The number of aliphatic hydroxyl groups is 1. The van der Waals surface area contributed by atoms with Crippen LogP contribution in [0.15, 0.2) is 83.8 Å². The highest BCUT2D eigenvalue weighted by Crippen LogP contribution is 2.26. The lowest BCUT2D eigenvalue weighted by Gasteiger charge is -2.31. The predicted molar refractivity (Wildman–Crippen MR) is 154 cm³/mol. The first kappa shape index (κ1) is 31.0. The van der Waals surface area contributed by atoms with E-state index in [0.717, 1.165) is 5.56 Å². The van der Waals surface area contributed by atoms with Gasteiger partial charge in [0.2, 0.25) is 15.9 Å². The fourth-order valence-corrected chi connectivity index (χ4v) is 5.91.